The number of carbonyl (C=O) groups excluding carboxylic acids is 1. The molecule has 0 radical (unpaired) electrons. The van der Waals surface area contributed by atoms with E-state index in [0.29, 0.717) is 22.8 Å². The van der Waals surface area contributed by atoms with Crippen molar-refractivity contribution in [1.29, 1.82) is 0 Å². The average Bonchev–Trinajstić information content (AvgIpc) is 3.24. The SMILES string of the molecule is COc1ccc(-c2cc3[nH]c(CNC(=O)NC4(C)CC4)cc3cc2Cl)nc1F. The van der Waals surface area contributed by atoms with Crippen molar-refractivity contribution in [2.24, 2.45) is 0 Å². The van der Waals surface area contributed by atoms with Gasteiger partial charge in [-0.25, -0.2) is 9.78 Å². The van der Waals surface area contributed by atoms with Gasteiger partial charge in [0, 0.05) is 27.7 Å². The molecule has 0 atom stereocenters. The largest absolute Gasteiger partial charge is 0.492 e. The van der Waals surface area contributed by atoms with Gasteiger partial charge in [0.1, 0.15) is 0 Å². The fourth-order valence-electron chi connectivity index (χ4n) is 3.03. The molecule has 4 rings (SSSR count). The number of carbonyl (C=O) groups is 1. The number of ether oxygens (including phenoxy) is 1. The highest BCUT2D eigenvalue weighted by atomic mass is 35.5. The second kappa shape index (κ2) is 6.98. The smallest absolute Gasteiger partial charge is 0.315 e. The van der Waals surface area contributed by atoms with Crippen LogP contribution in [0.5, 0.6) is 5.75 Å². The van der Waals surface area contributed by atoms with Crippen molar-refractivity contribution < 1.29 is 13.9 Å². The fourth-order valence-corrected chi connectivity index (χ4v) is 3.30. The first-order valence-electron chi connectivity index (χ1n) is 8.95. The zero-order valence-electron chi connectivity index (χ0n) is 15.5. The first kappa shape index (κ1) is 18.6. The number of amides is 2. The molecule has 1 saturated carbocycles. The van der Waals surface area contributed by atoms with Gasteiger partial charge in [0.25, 0.3) is 5.95 Å². The molecule has 2 amide bonds. The first-order chi connectivity index (χ1) is 13.4. The van der Waals surface area contributed by atoms with E-state index < -0.39 is 5.95 Å². The summed E-state index contributed by atoms with van der Waals surface area (Å²) in [6, 6.07) is 8.52. The Balaban J connectivity index is 1.55. The van der Waals surface area contributed by atoms with E-state index in [1.165, 1.54) is 13.2 Å². The van der Waals surface area contributed by atoms with Gasteiger partial charge in [-0.3, -0.25) is 0 Å². The van der Waals surface area contributed by atoms with E-state index in [9.17, 15) is 9.18 Å². The molecule has 8 heteroatoms. The first-order valence-corrected chi connectivity index (χ1v) is 9.33. The predicted molar refractivity (Wildman–Crippen MR) is 106 cm³/mol. The number of nitrogens with one attached hydrogen (secondary N) is 3. The van der Waals surface area contributed by atoms with Crippen LogP contribution in [-0.4, -0.2) is 28.6 Å². The Bertz CT molecular complexity index is 1060. The summed E-state index contributed by atoms with van der Waals surface area (Å²) in [5, 5.41) is 7.15. The summed E-state index contributed by atoms with van der Waals surface area (Å²) >= 11 is 6.39. The van der Waals surface area contributed by atoms with Gasteiger partial charge >= 0.3 is 6.03 Å². The molecule has 146 valence electrons. The maximum Gasteiger partial charge on any atom is 0.315 e. The lowest BCUT2D eigenvalue weighted by atomic mass is 10.1. The van der Waals surface area contributed by atoms with E-state index >= 15 is 0 Å². The number of H-pyrrole nitrogens is 1. The predicted octanol–water partition coefficient (Wildman–Crippen LogP) is 4.38. The minimum Gasteiger partial charge on any atom is -0.492 e. The zero-order valence-corrected chi connectivity index (χ0v) is 16.3. The van der Waals surface area contributed by atoms with Crippen LogP contribution in [0, 0.1) is 5.95 Å². The lowest BCUT2D eigenvalue weighted by Crippen LogP contribution is -2.41. The summed E-state index contributed by atoms with van der Waals surface area (Å²) in [6.07, 6.45) is 2.02. The normalized spacial score (nSPS) is 14.7. The van der Waals surface area contributed by atoms with Gasteiger partial charge in [-0.15, -0.1) is 0 Å². The number of urea groups is 1. The van der Waals surface area contributed by atoms with Crippen molar-refractivity contribution in [3.05, 3.63) is 47.0 Å². The van der Waals surface area contributed by atoms with Crippen molar-refractivity contribution in [3.8, 4) is 17.0 Å². The summed E-state index contributed by atoms with van der Waals surface area (Å²) in [6.45, 7) is 2.38. The van der Waals surface area contributed by atoms with Crippen molar-refractivity contribution >= 4 is 28.5 Å². The third kappa shape index (κ3) is 3.75. The number of hydrogen-bond donors (Lipinski definition) is 3. The van der Waals surface area contributed by atoms with E-state index in [-0.39, 0.29) is 17.3 Å². The highest BCUT2D eigenvalue weighted by Crippen LogP contribution is 2.34. The molecule has 2 aromatic heterocycles. The Hall–Kier alpha value is -2.80. The number of hydrogen-bond acceptors (Lipinski definition) is 3. The second-order valence-electron chi connectivity index (χ2n) is 7.27. The number of rotatable bonds is 5. The quantitative estimate of drug-likeness (QED) is 0.554. The minimum atomic E-state index is -0.692. The summed E-state index contributed by atoms with van der Waals surface area (Å²) in [7, 11) is 1.39. The third-order valence-corrected chi connectivity index (χ3v) is 5.24. The number of methoxy groups -OCH3 is 1. The Morgan fingerprint density at radius 1 is 1.36 bits per heavy atom. The Labute approximate surface area is 166 Å². The van der Waals surface area contributed by atoms with Gasteiger partial charge in [-0.1, -0.05) is 11.6 Å². The van der Waals surface area contributed by atoms with Crippen molar-refractivity contribution in [1.82, 2.24) is 20.6 Å². The second-order valence-corrected chi connectivity index (χ2v) is 7.68. The van der Waals surface area contributed by atoms with Crippen LogP contribution in [-0.2, 0) is 6.54 Å². The molecule has 1 aliphatic carbocycles. The van der Waals surface area contributed by atoms with Crippen LogP contribution < -0.4 is 15.4 Å². The number of benzene rings is 1. The molecule has 6 nitrogen and oxygen atoms in total. The topological polar surface area (TPSA) is 79.0 Å². The van der Waals surface area contributed by atoms with Gasteiger partial charge in [-0.05, 0) is 50.1 Å². The Morgan fingerprint density at radius 2 is 2.14 bits per heavy atom. The molecule has 3 N–H and O–H groups in total. The Kier molecular flexibility index (Phi) is 4.63. The van der Waals surface area contributed by atoms with Crippen LogP contribution in [0.15, 0.2) is 30.3 Å². The van der Waals surface area contributed by atoms with Gasteiger partial charge in [-0.2, -0.15) is 4.39 Å². The lowest BCUT2D eigenvalue weighted by molar-refractivity contribution is 0.236. The van der Waals surface area contributed by atoms with E-state index in [1.54, 1.807) is 12.1 Å². The van der Waals surface area contributed by atoms with Crippen LogP contribution in [0.1, 0.15) is 25.5 Å². The van der Waals surface area contributed by atoms with Crippen LogP contribution in [0.25, 0.3) is 22.2 Å². The van der Waals surface area contributed by atoms with Crippen molar-refractivity contribution in [3.63, 3.8) is 0 Å². The number of pyridine rings is 1. The zero-order chi connectivity index (χ0) is 19.9. The van der Waals surface area contributed by atoms with E-state index in [1.807, 2.05) is 19.1 Å². The minimum absolute atomic E-state index is 0.0619. The average molecular weight is 403 g/mol. The van der Waals surface area contributed by atoms with E-state index in [2.05, 4.69) is 20.6 Å². The molecular weight excluding hydrogens is 383 g/mol. The molecule has 3 aromatic rings. The van der Waals surface area contributed by atoms with E-state index in [0.717, 1.165) is 29.4 Å². The third-order valence-electron chi connectivity index (χ3n) is 4.93. The molecule has 0 saturated heterocycles. The summed E-state index contributed by atoms with van der Waals surface area (Å²) in [5.74, 6) is -0.615. The molecule has 0 unspecified atom stereocenters. The molecule has 2 heterocycles. The summed E-state index contributed by atoms with van der Waals surface area (Å²) in [4.78, 5) is 19.1. The fraction of sp³-hybridized carbons (Fsp3) is 0.300. The number of halogens is 2. The molecule has 0 spiro atoms. The molecule has 0 aliphatic heterocycles. The molecular formula is C20H20ClFN4O2. The summed E-state index contributed by atoms with van der Waals surface area (Å²) < 4.78 is 18.9. The standard InChI is InChI=1S/C20H20ClFN4O2/c1-20(5-6-20)26-19(27)23-10-12-7-11-8-14(21)13(9-16(11)24-12)15-3-4-17(28-2)18(22)25-15/h3-4,7-9,24H,5-6,10H2,1-2H3,(H2,23,26,27). The number of aromatic amines is 1. The molecule has 1 aromatic carbocycles. The van der Waals surface area contributed by atoms with Gasteiger partial charge in [0.2, 0.25) is 0 Å². The van der Waals surface area contributed by atoms with E-state index in [4.69, 9.17) is 16.3 Å². The molecule has 1 aliphatic rings. The van der Waals surface area contributed by atoms with Gasteiger partial charge in [0.05, 0.1) is 24.4 Å². The molecule has 1 fully saturated rings. The van der Waals surface area contributed by atoms with Crippen LogP contribution >= 0.6 is 11.6 Å². The highest BCUT2D eigenvalue weighted by Gasteiger charge is 2.38. The van der Waals surface area contributed by atoms with Gasteiger partial charge in [0.15, 0.2) is 5.75 Å². The molecule has 0 bridgehead atoms. The number of nitrogens with zero attached hydrogens (tertiary/aromatic N) is 1. The maximum atomic E-state index is 14.0. The highest BCUT2D eigenvalue weighted by molar-refractivity contribution is 6.34. The monoisotopic (exact) mass is 402 g/mol. The molecule has 28 heavy (non-hydrogen) atoms. The lowest BCUT2D eigenvalue weighted by Gasteiger charge is -2.11. The van der Waals surface area contributed by atoms with Crippen molar-refractivity contribution in [2.75, 3.05) is 7.11 Å². The van der Waals surface area contributed by atoms with Crippen LogP contribution in [0.4, 0.5) is 9.18 Å². The summed E-state index contributed by atoms with van der Waals surface area (Å²) in [5.41, 5.74) is 2.62. The van der Waals surface area contributed by atoms with Crippen molar-refractivity contribution in [2.45, 2.75) is 31.8 Å². The van der Waals surface area contributed by atoms with Gasteiger partial charge < -0.3 is 20.4 Å². The number of fused-ring (bicyclic) bond motifs is 1. The van der Waals surface area contributed by atoms with Crippen LogP contribution in [0.2, 0.25) is 5.02 Å². The Morgan fingerprint density at radius 3 is 2.82 bits per heavy atom. The van der Waals surface area contributed by atoms with Crippen LogP contribution in [0.3, 0.4) is 0 Å². The number of aromatic nitrogens is 2. The maximum absolute atomic E-state index is 14.0.